The first-order valence-corrected chi connectivity index (χ1v) is 7.73. The van der Waals surface area contributed by atoms with Crippen LogP contribution < -0.4 is 5.32 Å². The van der Waals surface area contributed by atoms with Crippen LogP contribution in [-0.2, 0) is 11.2 Å². The number of carbonyl (C=O) groups is 1. The smallest absolute Gasteiger partial charge is 0.167 e. The first-order chi connectivity index (χ1) is 10.7. The molecule has 1 aliphatic rings. The Morgan fingerprint density at radius 3 is 2.50 bits per heavy atom. The monoisotopic (exact) mass is 295 g/mol. The summed E-state index contributed by atoms with van der Waals surface area (Å²) in [6.45, 7) is 4.54. The molecular weight excluding hydrogens is 274 g/mol. The van der Waals surface area contributed by atoms with Gasteiger partial charge in [0.2, 0.25) is 0 Å². The van der Waals surface area contributed by atoms with Crippen molar-refractivity contribution in [3.63, 3.8) is 0 Å². The van der Waals surface area contributed by atoms with E-state index in [0.29, 0.717) is 6.42 Å². The van der Waals surface area contributed by atoms with E-state index in [1.165, 1.54) is 11.1 Å². The minimum atomic E-state index is 0.121. The fourth-order valence-electron chi connectivity index (χ4n) is 2.66. The summed E-state index contributed by atoms with van der Waals surface area (Å²) in [6, 6.07) is 15.9. The molecule has 2 aromatic rings. The molecule has 1 atom stereocenters. The molecule has 0 amide bonds. The van der Waals surface area contributed by atoms with Crippen LogP contribution in [0.5, 0.6) is 0 Å². The van der Waals surface area contributed by atoms with Gasteiger partial charge in [0.05, 0.1) is 12.7 Å². The van der Waals surface area contributed by atoms with Crippen molar-refractivity contribution in [2.75, 3.05) is 19.7 Å². The molecule has 0 radical (unpaired) electrons. The number of ketones is 1. The molecule has 1 saturated heterocycles. The molecule has 0 aromatic heterocycles. The van der Waals surface area contributed by atoms with E-state index in [2.05, 4.69) is 17.4 Å². The average Bonchev–Trinajstić information content (AvgIpc) is 2.57. The van der Waals surface area contributed by atoms with Crippen LogP contribution >= 0.6 is 0 Å². The largest absolute Gasteiger partial charge is 0.371 e. The normalized spacial score (nSPS) is 18.1. The zero-order valence-corrected chi connectivity index (χ0v) is 12.8. The predicted molar refractivity (Wildman–Crippen MR) is 87.2 cm³/mol. The zero-order chi connectivity index (χ0) is 15.4. The number of carbonyl (C=O) groups excluding carboxylic acids is 1. The number of nitrogens with one attached hydrogen (secondary N) is 1. The van der Waals surface area contributed by atoms with Crippen LogP contribution in [0.25, 0.3) is 0 Å². The molecule has 22 heavy (non-hydrogen) atoms. The van der Waals surface area contributed by atoms with Gasteiger partial charge in [-0.1, -0.05) is 54.1 Å². The molecule has 0 saturated carbocycles. The third-order valence-corrected chi connectivity index (χ3v) is 4.02. The molecule has 1 heterocycles. The van der Waals surface area contributed by atoms with E-state index >= 15 is 0 Å². The van der Waals surface area contributed by atoms with Gasteiger partial charge in [0.1, 0.15) is 0 Å². The van der Waals surface area contributed by atoms with Crippen LogP contribution in [0.4, 0.5) is 0 Å². The molecule has 0 unspecified atom stereocenters. The highest BCUT2D eigenvalue weighted by atomic mass is 16.5. The molecule has 1 N–H and O–H groups in total. The van der Waals surface area contributed by atoms with Crippen molar-refractivity contribution in [3.8, 4) is 0 Å². The fraction of sp³-hybridized carbons (Fsp3) is 0.316. The SMILES string of the molecule is Cc1ccc(C(=O)Cc2ccc([C@@H]3CNCCO3)cc2)cc1. The van der Waals surface area contributed by atoms with E-state index < -0.39 is 0 Å². The number of aryl methyl sites for hydroxylation is 1. The maximum absolute atomic E-state index is 12.3. The lowest BCUT2D eigenvalue weighted by Crippen LogP contribution is -2.33. The number of rotatable bonds is 4. The van der Waals surface area contributed by atoms with Gasteiger partial charge in [0.15, 0.2) is 5.78 Å². The molecule has 2 aromatic carbocycles. The maximum Gasteiger partial charge on any atom is 0.167 e. The van der Waals surface area contributed by atoms with E-state index in [9.17, 15) is 4.79 Å². The average molecular weight is 295 g/mol. The van der Waals surface area contributed by atoms with E-state index in [1.54, 1.807) is 0 Å². The van der Waals surface area contributed by atoms with Crippen molar-refractivity contribution in [2.45, 2.75) is 19.4 Å². The topological polar surface area (TPSA) is 38.3 Å². The minimum absolute atomic E-state index is 0.121. The fourth-order valence-corrected chi connectivity index (χ4v) is 2.66. The van der Waals surface area contributed by atoms with E-state index in [1.807, 2.05) is 43.3 Å². The first kappa shape index (κ1) is 14.9. The van der Waals surface area contributed by atoms with Gasteiger partial charge in [0.25, 0.3) is 0 Å². The van der Waals surface area contributed by atoms with Crippen LogP contribution in [-0.4, -0.2) is 25.5 Å². The minimum Gasteiger partial charge on any atom is -0.371 e. The van der Waals surface area contributed by atoms with Crippen LogP contribution in [0.2, 0.25) is 0 Å². The highest BCUT2D eigenvalue weighted by molar-refractivity contribution is 5.97. The van der Waals surface area contributed by atoms with E-state index in [-0.39, 0.29) is 11.9 Å². The third kappa shape index (κ3) is 3.62. The predicted octanol–water partition coefficient (Wildman–Crippen LogP) is 3.08. The number of hydrogen-bond acceptors (Lipinski definition) is 3. The Balaban J connectivity index is 1.65. The van der Waals surface area contributed by atoms with Crippen molar-refractivity contribution in [3.05, 3.63) is 70.8 Å². The quantitative estimate of drug-likeness (QED) is 0.881. The third-order valence-electron chi connectivity index (χ3n) is 4.02. The van der Waals surface area contributed by atoms with Crippen LogP contribution in [0.3, 0.4) is 0 Å². The molecule has 0 bridgehead atoms. The Kier molecular flexibility index (Phi) is 4.66. The molecule has 1 fully saturated rings. The maximum atomic E-state index is 12.3. The lowest BCUT2D eigenvalue weighted by Gasteiger charge is -2.24. The van der Waals surface area contributed by atoms with Crippen molar-refractivity contribution in [2.24, 2.45) is 0 Å². The number of morpholine rings is 1. The second-order valence-electron chi connectivity index (χ2n) is 5.77. The van der Waals surface area contributed by atoms with Crippen LogP contribution in [0.15, 0.2) is 48.5 Å². The summed E-state index contributed by atoms with van der Waals surface area (Å²) >= 11 is 0. The lowest BCUT2D eigenvalue weighted by atomic mass is 10.00. The lowest BCUT2D eigenvalue weighted by molar-refractivity contribution is 0.0277. The van der Waals surface area contributed by atoms with Gasteiger partial charge in [-0.15, -0.1) is 0 Å². The second kappa shape index (κ2) is 6.86. The van der Waals surface area contributed by atoms with Gasteiger partial charge >= 0.3 is 0 Å². The number of benzene rings is 2. The summed E-state index contributed by atoms with van der Waals surface area (Å²) in [5.74, 6) is 0.156. The highest BCUT2D eigenvalue weighted by Crippen LogP contribution is 2.19. The summed E-state index contributed by atoms with van der Waals surface area (Å²) in [6.07, 6.45) is 0.559. The Bertz CT molecular complexity index is 625. The molecule has 0 spiro atoms. The van der Waals surface area contributed by atoms with Crippen LogP contribution in [0.1, 0.15) is 33.2 Å². The molecule has 3 rings (SSSR count). The van der Waals surface area contributed by atoms with Crippen molar-refractivity contribution in [1.29, 1.82) is 0 Å². The van der Waals surface area contributed by atoms with Crippen molar-refractivity contribution >= 4 is 5.78 Å². The molecule has 3 nitrogen and oxygen atoms in total. The zero-order valence-electron chi connectivity index (χ0n) is 12.8. The molecule has 3 heteroatoms. The van der Waals surface area contributed by atoms with Gasteiger partial charge in [-0.05, 0) is 18.1 Å². The van der Waals surface area contributed by atoms with Gasteiger partial charge in [-0.3, -0.25) is 4.79 Å². The number of Topliss-reactive ketones (excluding diaryl/α,β-unsaturated/α-hetero) is 1. The molecule has 1 aliphatic heterocycles. The summed E-state index contributed by atoms with van der Waals surface area (Å²) < 4.78 is 5.74. The second-order valence-corrected chi connectivity index (χ2v) is 5.77. The Morgan fingerprint density at radius 2 is 1.86 bits per heavy atom. The molecule has 114 valence electrons. The molecule has 0 aliphatic carbocycles. The molecular formula is C19H21NO2. The summed E-state index contributed by atoms with van der Waals surface area (Å²) in [5, 5.41) is 3.33. The summed E-state index contributed by atoms with van der Waals surface area (Å²) in [4.78, 5) is 12.3. The van der Waals surface area contributed by atoms with Crippen molar-refractivity contribution < 1.29 is 9.53 Å². The van der Waals surface area contributed by atoms with Crippen LogP contribution in [0, 0.1) is 6.92 Å². The van der Waals surface area contributed by atoms with E-state index in [4.69, 9.17) is 4.74 Å². The number of ether oxygens (including phenoxy) is 1. The van der Waals surface area contributed by atoms with Crippen molar-refractivity contribution in [1.82, 2.24) is 5.32 Å². The standard InChI is InChI=1S/C19H21NO2/c1-14-2-6-16(7-3-14)18(21)12-15-4-8-17(9-5-15)19-13-20-10-11-22-19/h2-9,19-20H,10-13H2,1H3/t19-/m0/s1. The number of hydrogen-bond donors (Lipinski definition) is 1. The van der Waals surface area contributed by atoms with Gasteiger partial charge in [-0.2, -0.15) is 0 Å². The van der Waals surface area contributed by atoms with Gasteiger partial charge in [-0.25, -0.2) is 0 Å². The highest BCUT2D eigenvalue weighted by Gasteiger charge is 2.15. The van der Waals surface area contributed by atoms with Gasteiger partial charge in [0, 0.05) is 25.1 Å². The first-order valence-electron chi connectivity index (χ1n) is 7.73. The van der Waals surface area contributed by atoms with Gasteiger partial charge < -0.3 is 10.1 Å². The summed E-state index contributed by atoms with van der Waals surface area (Å²) in [7, 11) is 0. The summed E-state index contributed by atoms with van der Waals surface area (Å²) in [5.41, 5.74) is 4.15. The van der Waals surface area contributed by atoms with E-state index in [0.717, 1.165) is 30.8 Å². The Labute approximate surface area is 131 Å². The Morgan fingerprint density at radius 1 is 1.14 bits per heavy atom. The Hall–Kier alpha value is -1.97.